The van der Waals surface area contributed by atoms with E-state index in [-0.39, 0.29) is 11.7 Å². The van der Waals surface area contributed by atoms with Gasteiger partial charge in [-0.15, -0.1) is 0 Å². The lowest BCUT2D eigenvalue weighted by atomic mass is 10.2. The highest BCUT2D eigenvalue weighted by atomic mass is 19.1. The first-order valence-corrected chi connectivity index (χ1v) is 7.58. The second-order valence-electron chi connectivity index (χ2n) is 5.60. The summed E-state index contributed by atoms with van der Waals surface area (Å²) in [6.45, 7) is 1.00. The second-order valence-corrected chi connectivity index (χ2v) is 5.60. The SMILES string of the molecule is Cn1c(C(=O)Nc2ccc3c(c2)OCCO3)cc2cc(F)ccc21. The topological polar surface area (TPSA) is 52.5 Å². The molecular formula is C18H15FN2O3. The number of rotatable bonds is 2. The van der Waals surface area contributed by atoms with Crippen LogP contribution < -0.4 is 14.8 Å². The molecule has 0 unspecified atom stereocenters. The zero-order valence-electron chi connectivity index (χ0n) is 13.0. The predicted octanol–water partition coefficient (Wildman–Crippen LogP) is 3.34. The Hall–Kier alpha value is -3.02. The average Bonchev–Trinajstić information content (AvgIpc) is 2.91. The van der Waals surface area contributed by atoms with E-state index in [1.165, 1.54) is 12.1 Å². The Morgan fingerprint density at radius 2 is 1.88 bits per heavy atom. The zero-order chi connectivity index (χ0) is 16.7. The fourth-order valence-corrected chi connectivity index (χ4v) is 2.85. The molecule has 1 aliphatic heterocycles. The maximum atomic E-state index is 13.4. The smallest absolute Gasteiger partial charge is 0.272 e. The maximum absolute atomic E-state index is 13.4. The molecule has 0 spiro atoms. The van der Waals surface area contributed by atoms with Crippen molar-refractivity contribution < 1.29 is 18.7 Å². The van der Waals surface area contributed by atoms with Crippen LogP contribution in [0, 0.1) is 5.82 Å². The van der Waals surface area contributed by atoms with Crippen LogP contribution in [0.15, 0.2) is 42.5 Å². The lowest BCUT2D eigenvalue weighted by Gasteiger charge is -2.19. The van der Waals surface area contributed by atoms with E-state index in [9.17, 15) is 9.18 Å². The quantitative estimate of drug-likeness (QED) is 0.786. The molecule has 3 aromatic rings. The Kier molecular flexibility index (Phi) is 3.37. The van der Waals surface area contributed by atoms with Gasteiger partial charge in [0.2, 0.25) is 0 Å². The monoisotopic (exact) mass is 326 g/mol. The molecule has 5 nitrogen and oxygen atoms in total. The number of nitrogens with one attached hydrogen (secondary N) is 1. The fourth-order valence-electron chi connectivity index (χ4n) is 2.85. The number of anilines is 1. The maximum Gasteiger partial charge on any atom is 0.272 e. The van der Waals surface area contributed by atoms with E-state index in [1.54, 1.807) is 41.9 Å². The highest BCUT2D eigenvalue weighted by Crippen LogP contribution is 2.32. The van der Waals surface area contributed by atoms with Crippen LogP contribution in [0.2, 0.25) is 0 Å². The average molecular weight is 326 g/mol. The summed E-state index contributed by atoms with van der Waals surface area (Å²) in [6.07, 6.45) is 0. The van der Waals surface area contributed by atoms with E-state index in [4.69, 9.17) is 9.47 Å². The van der Waals surface area contributed by atoms with Gasteiger partial charge in [0.25, 0.3) is 5.91 Å². The highest BCUT2D eigenvalue weighted by Gasteiger charge is 2.16. The summed E-state index contributed by atoms with van der Waals surface area (Å²) < 4.78 is 26.1. The number of ether oxygens (including phenoxy) is 2. The molecule has 0 radical (unpaired) electrons. The number of hydrogen-bond acceptors (Lipinski definition) is 3. The van der Waals surface area contributed by atoms with Gasteiger partial charge >= 0.3 is 0 Å². The third kappa shape index (κ3) is 2.46. The summed E-state index contributed by atoms with van der Waals surface area (Å²) >= 11 is 0. The Labute approximate surface area is 137 Å². The number of halogens is 1. The van der Waals surface area contributed by atoms with E-state index in [0.29, 0.717) is 41.5 Å². The van der Waals surface area contributed by atoms with Crippen LogP contribution in [0.3, 0.4) is 0 Å². The van der Waals surface area contributed by atoms with E-state index in [2.05, 4.69) is 5.32 Å². The molecule has 1 N–H and O–H groups in total. The van der Waals surface area contributed by atoms with Gasteiger partial charge < -0.3 is 19.4 Å². The first-order valence-electron chi connectivity index (χ1n) is 7.58. The summed E-state index contributed by atoms with van der Waals surface area (Å²) in [5, 5.41) is 3.52. The predicted molar refractivity (Wildman–Crippen MR) is 88.3 cm³/mol. The Bertz CT molecular complexity index is 949. The van der Waals surface area contributed by atoms with E-state index in [1.807, 2.05) is 0 Å². The van der Waals surface area contributed by atoms with E-state index >= 15 is 0 Å². The van der Waals surface area contributed by atoms with Crippen molar-refractivity contribution in [3.8, 4) is 11.5 Å². The minimum atomic E-state index is -0.327. The molecule has 0 bridgehead atoms. The number of hydrogen-bond donors (Lipinski definition) is 1. The van der Waals surface area contributed by atoms with Crippen LogP contribution in [0.1, 0.15) is 10.5 Å². The number of aromatic nitrogens is 1. The molecule has 0 saturated heterocycles. The largest absolute Gasteiger partial charge is 0.486 e. The molecule has 1 aliphatic rings. The van der Waals surface area contributed by atoms with E-state index in [0.717, 1.165) is 5.52 Å². The number of aryl methyl sites for hydroxylation is 1. The lowest BCUT2D eigenvalue weighted by molar-refractivity contribution is 0.101. The summed E-state index contributed by atoms with van der Waals surface area (Å²) in [7, 11) is 1.78. The van der Waals surface area contributed by atoms with Gasteiger partial charge in [0.1, 0.15) is 24.7 Å². The third-order valence-electron chi connectivity index (χ3n) is 4.04. The summed E-state index contributed by atoms with van der Waals surface area (Å²) in [5.74, 6) is 0.676. The van der Waals surface area contributed by atoms with Crippen LogP contribution in [0.25, 0.3) is 10.9 Å². The van der Waals surface area contributed by atoms with Crippen LogP contribution in [-0.4, -0.2) is 23.7 Å². The number of nitrogens with zero attached hydrogens (tertiary/aromatic N) is 1. The molecule has 2 heterocycles. The number of benzene rings is 2. The van der Waals surface area contributed by atoms with E-state index < -0.39 is 0 Å². The Morgan fingerprint density at radius 1 is 1.08 bits per heavy atom. The molecule has 0 atom stereocenters. The number of carbonyl (C=O) groups excluding carboxylic acids is 1. The molecule has 0 saturated carbocycles. The number of amides is 1. The second kappa shape index (κ2) is 5.56. The van der Waals surface area contributed by atoms with Crippen molar-refractivity contribution >= 4 is 22.5 Å². The van der Waals surface area contributed by atoms with Crippen molar-refractivity contribution in [2.24, 2.45) is 7.05 Å². The molecule has 24 heavy (non-hydrogen) atoms. The van der Waals surface area contributed by atoms with Gasteiger partial charge in [-0.3, -0.25) is 4.79 Å². The molecule has 0 fully saturated rings. The van der Waals surface area contributed by atoms with Crippen molar-refractivity contribution in [1.82, 2.24) is 4.57 Å². The van der Waals surface area contributed by atoms with Gasteiger partial charge in [0, 0.05) is 29.7 Å². The van der Waals surface area contributed by atoms with Crippen LogP contribution in [-0.2, 0) is 7.05 Å². The standard InChI is InChI=1S/C18H15FN2O3/c1-21-14-4-2-12(19)8-11(14)9-15(21)18(22)20-13-3-5-16-17(10-13)24-7-6-23-16/h2-5,8-10H,6-7H2,1H3,(H,20,22). The van der Waals surface area contributed by atoms with Crippen LogP contribution >= 0.6 is 0 Å². The normalized spacial score (nSPS) is 13.1. The highest BCUT2D eigenvalue weighted by molar-refractivity contribution is 6.06. The Balaban J connectivity index is 1.63. The van der Waals surface area contributed by atoms with Crippen molar-refractivity contribution in [1.29, 1.82) is 0 Å². The molecule has 1 amide bonds. The Morgan fingerprint density at radius 3 is 2.71 bits per heavy atom. The van der Waals surface area contributed by atoms with Gasteiger partial charge in [-0.2, -0.15) is 0 Å². The van der Waals surface area contributed by atoms with Gasteiger partial charge in [-0.1, -0.05) is 0 Å². The third-order valence-corrected chi connectivity index (χ3v) is 4.04. The van der Waals surface area contributed by atoms with Gasteiger partial charge in [0.05, 0.1) is 0 Å². The molecule has 4 rings (SSSR count). The van der Waals surface area contributed by atoms with Crippen molar-refractivity contribution in [3.63, 3.8) is 0 Å². The first-order chi connectivity index (χ1) is 11.6. The molecule has 122 valence electrons. The number of carbonyl (C=O) groups is 1. The minimum absolute atomic E-state index is 0.272. The summed E-state index contributed by atoms with van der Waals surface area (Å²) in [5.41, 5.74) is 1.86. The van der Waals surface area contributed by atoms with Gasteiger partial charge in [0.15, 0.2) is 11.5 Å². The van der Waals surface area contributed by atoms with Gasteiger partial charge in [-0.25, -0.2) is 4.39 Å². The molecule has 6 heteroatoms. The molecule has 1 aromatic heterocycles. The van der Waals surface area contributed by atoms with Crippen LogP contribution in [0.4, 0.5) is 10.1 Å². The molecular weight excluding hydrogens is 311 g/mol. The molecule has 2 aromatic carbocycles. The van der Waals surface area contributed by atoms with Crippen LogP contribution in [0.5, 0.6) is 11.5 Å². The zero-order valence-corrected chi connectivity index (χ0v) is 13.0. The first kappa shape index (κ1) is 14.6. The van der Waals surface area contributed by atoms with Crippen molar-refractivity contribution in [3.05, 3.63) is 54.0 Å². The summed E-state index contributed by atoms with van der Waals surface area (Å²) in [6, 6.07) is 11.4. The fraction of sp³-hybridized carbons (Fsp3) is 0.167. The molecule has 0 aliphatic carbocycles. The van der Waals surface area contributed by atoms with Gasteiger partial charge in [-0.05, 0) is 36.4 Å². The number of fused-ring (bicyclic) bond motifs is 2. The summed E-state index contributed by atoms with van der Waals surface area (Å²) in [4.78, 5) is 12.6. The lowest BCUT2D eigenvalue weighted by Crippen LogP contribution is -2.17. The van der Waals surface area contributed by atoms with Crippen molar-refractivity contribution in [2.45, 2.75) is 0 Å². The van der Waals surface area contributed by atoms with Crippen molar-refractivity contribution in [2.75, 3.05) is 18.5 Å². The minimum Gasteiger partial charge on any atom is -0.486 e.